The zero-order valence-corrected chi connectivity index (χ0v) is 13.1. The van der Waals surface area contributed by atoms with Crippen molar-refractivity contribution in [1.29, 1.82) is 0 Å². The van der Waals surface area contributed by atoms with E-state index in [-0.39, 0.29) is 10.5 Å². The Labute approximate surface area is 127 Å². The molecule has 3 rings (SSSR count). The molecule has 21 heavy (non-hydrogen) atoms. The molecule has 1 aromatic carbocycles. The summed E-state index contributed by atoms with van der Waals surface area (Å²) < 4.78 is 22.9. The van der Waals surface area contributed by atoms with Crippen molar-refractivity contribution in [3.05, 3.63) is 24.3 Å². The van der Waals surface area contributed by atoms with Crippen LogP contribution in [0.3, 0.4) is 0 Å². The molecular formula is C16H22O4S. The molecule has 0 saturated carbocycles. The predicted molar refractivity (Wildman–Crippen MR) is 82.2 cm³/mol. The molecule has 0 aliphatic carbocycles. The maximum absolute atomic E-state index is 12.0. The zero-order chi connectivity index (χ0) is 14.9. The van der Waals surface area contributed by atoms with Crippen molar-refractivity contribution in [2.75, 3.05) is 13.7 Å². The van der Waals surface area contributed by atoms with E-state index < -0.39 is 16.4 Å². The summed E-state index contributed by atoms with van der Waals surface area (Å²) >= 11 is 0. The molecule has 0 radical (unpaired) electrons. The van der Waals surface area contributed by atoms with E-state index in [9.17, 15) is 9.32 Å². The highest BCUT2D eigenvalue weighted by Gasteiger charge is 2.47. The van der Waals surface area contributed by atoms with E-state index in [0.717, 1.165) is 24.3 Å². The van der Waals surface area contributed by atoms with Gasteiger partial charge in [-0.25, -0.2) is 0 Å². The second kappa shape index (κ2) is 5.97. The van der Waals surface area contributed by atoms with Gasteiger partial charge in [0.05, 0.1) is 19.3 Å². The average Bonchev–Trinajstić information content (AvgIpc) is 2.71. The van der Waals surface area contributed by atoms with Gasteiger partial charge in [0.25, 0.3) is 0 Å². The van der Waals surface area contributed by atoms with Gasteiger partial charge in [-0.3, -0.25) is 4.21 Å². The minimum Gasteiger partial charge on any atom is -0.497 e. The molecule has 2 unspecified atom stereocenters. The van der Waals surface area contributed by atoms with Gasteiger partial charge in [0.1, 0.15) is 11.5 Å². The Morgan fingerprint density at radius 3 is 2.62 bits per heavy atom. The Morgan fingerprint density at radius 1 is 1.29 bits per heavy atom. The van der Waals surface area contributed by atoms with Gasteiger partial charge in [-0.2, -0.15) is 0 Å². The number of ether oxygens (including phenoxy) is 2. The second-order valence-corrected chi connectivity index (χ2v) is 8.05. The van der Waals surface area contributed by atoms with Crippen molar-refractivity contribution in [3.63, 3.8) is 0 Å². The van der Waals surface area contributed by atoms with Gasteiger partial charge in [-0.1, -0.05) is 6.07 Å². The maximum atomic E-state index is 12.0. The maximum Gasteiger partial charge on any atom is 0.122 e. The van der Waals surface area contributed by atoms with Crippen molar-refractivity contribution < 1.29 is 18.8 Å². The van der Waals surface area contributed by atoms with Crippen molar-refractivity contribution in [1.82, 2.24) is 0 Å². The fourth-order valence-electron chi connectivity index (χ4n) is 3.43. The smallest absolute Gasteiger partial charge is 0.122 e. The van der Waals surface area contributed by atoms with Crippen LogP contribution in [0.15, 0.2) is 24.3 Å². The molecule has 5 heteroatoms. The lowest BCUT2D eigenvalue weighted by molar-refractivity contribution is 0.00309. The van der Waals surface area contributed by atoms with E-state index in [4.69, 9.17) is 9.47 Å². The van der Waals surface area contributed by atoms with Gasteiger partial charge >= 0.3 is 0 Å². The van der Waals surface area contributed by atoms with Gasteiger partial charge in [-0.05, 0) is 37.8 Å². The topological polar surface area (TPSA) is 55.8 Å². The van der Waals surface area contributed by atoms with Gasteiger partial charge in [0.15, 0.2) is 0 Å². The molecule has 2 atom stereocenters. The highest BCUT2D eigenvalue weighted by atomic mass is 32.2. The third-order valence-corrected chi connectivity index (χ3v) is 6.68. The van der Waals surface area contributed by atoms with Crippen LogP contribution < -0.4 is 9.47 Å². The Kier molecular flexibility index (Phi) is 4.22. The summed E-state index contributed by atoms with van der Waals surface area (Å²) in [6.45, 7) is 0.468. The van der Waals surface area contributed by atoms with Gasteiger partial charge in [0, 0.05) is 33.8 Å². The van der Waals surface area contributed by atoms with Crippen LogP contribution in [0, 0.1) is 0 Å². The predicted octanol–water partition coefficient (Wildman–Crippen LogP) is 2.27. The molecule has 2 saturated heterocycles. The number of benzene rings is 1. The molecule has 1 N–H and O–H groups in total. The van der Waals surface area contributed by atoms with Crippen LogP contribution in [0.2, 0.25) is 0 Å². The van der Waals surface area contributed by atoms with Crippen LogP contribution in [-0.2, 0) is 10.8 Å². The summed E-state index contributed by atoms with van der Waals surface area (Å²) in [5, 5.41) is 11.1. The minimum absolute atomic E-state index is 0.186. The normalized spacial score (nSPS) is 34.7. The molecule has 2 bridgehead atoms. The molecule has 2 aliphatic heterocycles. The van der Waals surface area contributed by atoms with Gasteiger partial charge < -0.3 is 14.6 Å². The lowest BCUT2D eigenvalue weighted by atomic mass is 9.90. The Balaban J connectivity index is 1.54. The summed E-state index contributed by atoms with van der Waals surface area (Å²) in [6.07, 6.45) is 3.89. The van der Waals surface area contributed by atoms with Crippen LogP contribution in [-0.4, -0.2) is 39.1 Å². The number of rotatable bonds is 5. The molecule has 116 valence electrons. The molecule has 0 amide bonds. The largest absolute Gasteiger partial charge is 0.497 e. The Hall–Kier alpha value is -1.07. The van der Waals surface area contributed by atoms with E-state index in [0.29, 0.717) is 25.9 Å². The summed E-state index contributed by atoms with van der Waals surface area (Å²) in [6, 6.07) is 7.47. The summed E-state index contributed by atoms with van der Waals surface area (Å²) in [7, 11) is 0.896. The van der Waals surface area contributed by atoms with Crippen LogP contribution in [0.4, 0.5) is 0 Å². The monoisotopic (exact) mass is 310 g/mol. The lowest BCUT2D eigenvalue weighted by Gasteiger charge is -2.35. The summed E-state index contributed by atoms with van der Waals surface area (Å²) in [5.74, 6) is 1.51. The number of aliphatic hydroxyl groups is 1. The van der Waals surface area contributed by atoms with Crippen molar-refractivity contribution >= 4 is 10.8 Å². The molecule has 2 fully saturated rings. The number of hydrogen-bond acceptors (Lipinski definition) is 4. The fraction of sp³-hybridized carbons (Fsp3) is 0.625. The standard InChI is InChI=1S/C16H22O4S/c1-19-12-3-2-4-13(9-12)20-8-7-16(17)10-14-5-6-15(11-16)21(14)18/h2-4,9,14-15,17H,5-8,10-11H2,1H3. The third kappa shape index (κ3) is 3.24. The van der Waals surface area contributed by atoms with E-state index in [1.54, 1.807) is 7.11 Å². The van der Waals surface area contributed by atoms with Crippen LogP contribution >= 0.6 is 0 Å². The fourth-order valence-corrected chi connectivity index (χ4v) is 5.66. The van der Waals surface area contributed by atoms with Crippen LogP contribution in [0.25, 0.3) is 0 Å². The molecule has 1 aromatic rings. The van der Waals surface area contributed by atoms with Crippen molar-refractivity contribution in [2.45, 2.75) is 48.2 Å². The van der Waals surface area contributed by atoms with Crippen LogP contribution in [0.1, 0.15) is 32.1 Å². The summed E-state index contributed by atoms with van der Waals surface area (Å²) in [5.41, 5.74) is -0.710. The molecule has 2 aliphatic rings. The zero-order valence-electron chi connectivity index (χ0n) is 12.3. The number of fused-ring (bicyclic) bond motifs is 2. The first-order chi connectivity index (χ1) is 10.1. The highest BCUT2D eigenvalue weighted by molar-refractivity contribution is 7.86. The molecular weight excluding hydrogens is 288 g/mol. The minimum atomic E-state index is -0.728. The Morgan fingerprint density at radius 2 is 1.95 bits per heavy atom. The van der Waals surface area contributed by atoms with E-state index in [1.165, 1.54) is 0 Å². The lowest BCUT2D eigenvalue weighted by Crippen LogP contribution is -2.43. The Bertz CT molecular complexity index is 515. The third-order valence-electron chi connectivity index (χ3n) is 4.56. The molecule has 0 spiro atoms. The van der Waals surface area contributed by atoms with Crippen molar-refractivity contribution in [2.24, 2.45) is 0 Å². The molecule has 0 aromatic heterocycles. The number of methoxy groups -OCH3 is 1. The first-order valence-corrected chi connectivity index (χ1v) is 8.76. The second-order valence-electron chi connectivity index (χ2n) is 6.06. The van der Waals surface area contributed by atoms with Gasteiger partial charge in [0.2, 0.25) is 0 Å². The van der Waals surface area contributed by atoms with E-state index in [1.807, 2.05) is 24.3 Å². The number of hydrogen-bond donors (Lipinski definition) is 1. The summed E-state index contributed by atoms with van der Waals surface area (Å²) in [4.78, 5) is 0. The first kappa shape index (κ1) is 14.9. The van der Waals surface area contributed by atoms with Crippen molar-refractivity contribution in [3.8, 4) is 11.5 Å². The SMILES string of the molecule is COc1cccc(OCCC2(O)CC3CCC(C2)S3=O)c1. The van der Waals surface area contributed by atoms with Gasteiger partial charge in [-0.15, -0.1) is 0 Å². The molecule has 2 heterocycles. The molecule has 4 nitrogen and oxygen atoms in total. The average molecular weight is 310 g/mol. The van der Waals surface area contributed by atoms with Crippen LogP contribution in [0.5, 0.6) is 11.5 Å². The quantitative estimate of drug-likeness (QED) is 0.906. The highest BCUT2D eigenvalue weighted by Crippen LogP contribution is 2.42. The first-order valence-electron chi connectivity index (χ1n) is 7.48. The van der Waals surface area contributed by atoms with E-state index in [2.05, 4.69) is 0 Å². The van der Waals surface area contributed by atoms with E-state index >= 15 is 0 Å².